The molecule has 0 aliphatic rings. The number of aromatic amines is 1. The molecule has 3 rings (SSSR count). The van der Waals surface area contributed by atoms with Gasteiger partial charge >= 0.3 is 5.97 Å². The van der Waals surface area contributed by atoms with E-state index in [-0.39, 0.29) is 19.0 Å². The molecule has 0 fully saturated rings. The van der Waals surface area contributed by atoms with Crippen LogP contribution in [0.4, 0.5) is 4.39 Å². The highest BCUT2D eigenvalue weighted by molar-refractivity contribution is 6.03. The van der Waals surface area contributed by atoms with E-state index in [9.17, 15) is 9.18 Å². The maximum absolute atomic E-state index is 12.7. The Kier molecular flexibility index (Phi) is 4.05. The van der Waals surface area contributed by atoms with E-state index in [4.69, 9.17) is 9.47 Å². The highest BCUT2D eigenvalue weighted by Crippen LogP contribution is 2.18. The fraction of sp³-hybridized carbons (Fsp3) is 0.118. The van der Waals surface area contributed by atoms with Gasteiger partial charge < -0.3 is 14.5 Å². The molecule has 0 aliphatic heterocycles. The summed E-state index contributed by atoms with van der Waals surface area (Å²) in [6, 6.07) is 13.2. The number of hydrogen-bond donors (Lipinski definition) is 1. The molecule has 0 bridgehead atoms. The summed E-state index contributed by atoms with van der Waals surface area (Å²) in [4.78, 5) is 15.1. The van der Waals surface area contributed by atoms with Crippen LogP contribution in [0.15, 0.2) is 54.7 Å². The number of fused-ring (bicyclic) bond motifs is 1. The predicted octanol–water partition coefficient (Wildman–Crippen LogP) is 3.54. The zero-order chi connectivity index (χ0) is 15.4. The number of H-pyrrole nitrogens is 1. The maximum Gasteiger partial charge on any atom is 0.340 e. The fourth-order valence-electron chi connectivity index (χ4n) is 2.14. The molecule has 3 aromatic rings. The van der Waals surface area contributed by atoms with Gasteiger partial charge in [0.25, 0.3) is 0 Å². The second-order valence-corrected chi connectivity index (χ2v) is 4.69. The molecule has 1 N–H and O–H groups in total. The maximum atomic E-state index is 12.7. The van der Waals surface area contributed by atoms with E-state index >= 15 is 0 Å². The molecule has 1 heterocycles. The highest BCUT2D eigenvalue weighted by Gasteiger charge is 2.12. The number of benzene rings is 2. The third-order valence-electron chi connectivity index (χ3n) is 3.21. The van der Waals surface area contributed by atoms with Crippen molar-refractivity contribution < 1.29 is 18.7 Å². The molecule has 0 saturated heterocycles. The molecular weight excluding hydrogens is 285 g/mol. The van der Waals surface area contributed by atoms with Crippen LogP contribution in [0.5, 0.6) is 5.75 Å². The number of carbonyl (C=O) groups is 1. The Hall–Kier alpha value is -2.82. The normalized spacial score (nSPS) is 10.6. The van der Waals surface area contributed by atoms with E-state index in [2.05, 4.69) is 4.98 Å². The number of ether oxygens (including phenoxy) is 2. The molecule has 1 aromatic heterocycles. The number of nitrogens with one attached hydrogen (secondary N) is 1. The van der Waals surface area contributed by atoms with E-state index in [1.807, 2.05) is 24.3 Å². The molecule has 0 atom stereocenters. The molecule has 4 nitrogen and oxygen atoms in total. The van der Waals surface area contributed by atoms with Crippen LogP contribution in [0.3, 0.4) is 0 Å². The third kappa shape index (κ3) is 3.09. The Balaban J connectivity index is 1.53. The molecule has 112 valence electrons. The summed E-state index contributed by atoms with van der Waals surface area (Å²) in [5.74, 6) is -0.192. The Morgan fingerprint density at radius 1 is 1.05 bits per heavy atom. The molecule has 0 aliphatic carbocycles. The first-order valence-electron chi connectivity index (χ1n) is 6.85. The van der Waals surface area contributed by atoms with Crippen molar-refractivity contribution in [1.82, 2.24) is 4.98 Å². The summed E-state index contributed by atoms with van der Waals surface area (Å²) in [5, 5.41) is 0.826. The van der Waals surface area contributed by atoms with Crippen molar-refractivity contribution in [2.24, 2.45) is 0 Å². The first kappa shape index (κ1) is 14.1. The minimum atomic E-state index is -0.403. The molecule has 22 heavy (non-hydrogen) atoms. The third-order valence-corrected chi connectivity index (χ3v) is 3.21. The predicted molar refractivity (Wildman–Crippen MR) is 80.5 cm³/mol. The van der Waals surface area contributed by atoms with Crippen LogP contribution in [0.1, 0.15) is 10.4 Å². The summed E-state index contributed by atoms with van der Waals surface area (Å²) in [7, 11) is 0. The second-order valence-electron chi connectivity index (χ2n) is 4.69. The number of aromatic nitrogens is 1. The van der Waals surface area contributed by atoms with Crippen LogP contribution in [-0.4, -0.2) is 24.2 Å². The number of halogens is 1. The van der Waals surface area contributed by atoms with Gasteiger partial charge in [-0.2, -0.15) is 0 Å². The summed E-state index contributed by atoms with van der Waals surface area (Å²) in [6.07, 6.45) is 1.63. The quantitative estimate of drug-likeness (QED) is 0.579. The summed E-state index contributed by atoms with van der Waals surface area (Å²) >= 11 is 0. The van der Waals surface area contributed by atoms with Crippen LogP contribution < -0.4 is 4.74 Å². The molecule has 0 saturated carbocycles. The zero-order valence-corrected chi connectivity index (χ0v) is 11.7. The molecule has 0 unspecified atom stereocenters. The zero-order valence-electron chi connectivity index (χ0n) is 11.7. The Bertz CT molecular complexity index is 780. The van der Waals surface area contributed by atoms with E-state index in [1.165, 1.54) is 24.3 Å². The number of para-hydroxylation sites is 1. The van der Waals surface area contributed by atoms with E-state index in [1.54, 1.807) is 6.20 Å². The summed E-state index contributed by atoms with van der Waals surface area (Å²) in [5.41, 5.74) is 1.38. The van der Waals surface area contributed by atoms with Crippen LogP contribution in [0.2, 0.25) is 0 Å². The van der Waals surface area contributed by atoms with Gasteiger partial charge in [0, 0.05) is 17.1 Å². The van der Waals surface area contributed by atoms with Gasteiger partial charge in [-0.25, -0.2) is 9.18 Å². The van der Waals surface area contributed by atoms with Gasteiger partial charge in [0.1, 0.15) is 24.8 Å². The van der Waals surface area contributed by atoms with Gasteiger partial charge in [-0.15, -0.1) is 0 Å². The second kappa shape index (κ2) is 6.30. The SMILES string of the molecule is O=C(OCCOc1ccc(F)cc1)c1c[nH]c2ccccc12. The number of hydrogen-bond acceptors (Lipinski definition) is 3. The van der Waals surface area contributed by atoms with Crippen LogP contribution in [0, 0.1) is 5.82 Å². The van der Waals surface area contributed by atoms with Gasteiger partial charge in [-0.1, -0.05) is 18.2 Å². The van der Waals surface area contributed by atoms with E-state index < -0.39 is 5.97 Å². The van der Waals surface area contributed by atoms with Gasteiger partial charge in [0.15, 0.2) is 0 Å². The van der Waals surface area contributed by atoms with Crippen LogP contribution in [-0.2, 0) is 4.74 Å². The molecular formula is C17H14FNO3. The fourth-order valence-corrected chi connectivity index (χ4v) is 2.14. The number of carbonyl (C=O) groups excluding carboxylic acids is 1. The smallest absolute Gasteiger partial charge is 0.340 e. The van der Waals surface area contributed by atoms with Gasteiger partial charge in [-0.05, 0) is 30.3 Å². The molecule has 0 amide bonds. The van der Waals surface area contributed by atoms with Crippen molar-refractivity contribution in [3.8, 4) is 5.75 Å². The minimum Gasteiger partial charge on any atom is -0.490 e. The lowest BCUT2D eigenvalue weighted by molar-refractivity contribution is 0.0453. The van der Waals surface area contributed by atoms with Crippen molar-refractivity contribution in [2.45, 2.75) is 0 Å². The van der Waals surface area contributed by atoms with Gasteiger partial charge in [0.2, 0.25) is 0 Å². The Morgan fingerprint density at radius 3 is 2.64 bits per heavy atom. The average Bonchev–Trinajstić information content (AvgIpc) is 2.97. The molecule has 2 aromatic carbocycles. The van der Waals surface area contributed by atoms with Crippen LogP contribution >= 0.6 is 0 Å². The first-order valence-corrected chi connectivity index (χ1v) is 6.85. The highest BCUT2D eigenvalue weighted by atomic mass is 19.1. The average molecular weight is 299 g/mol. The largest absolute Gasteiger partial charge is 0.490 e. The van der Waals surface area contributed by atoms with Gasteiger partial charge in [-0.3, -0.25) is 0 Å². The van der Waals surface area contributed by atoms with Crippen molar-refractivity contribution in [3.05, 3.63) is 66.1 Å². The topological polar surface area (TPSA) is 51.3 Å². The number of esters is 1. The Morgan fingerprint density at radius 2 is 1.82 bits per heavy atom. The lowest BCUT2D eigenvalue weighted by Gasteiger charge is -2.07. The van der Waals surface area contributed by atoms with Crippen molar-refractivity contribution in [1.29, 1.82) is 0 Å². The standard InChI is InChI=1S/C17H14FNO3/c18-12-5-7-13(8-6-12)21-9-10-22-17(20)15-11-19-16-4-2-1-3-14(15)16/h1-8,11,19H,9-10H2. The lowest BCUT2D eigenvalue weighted by atomic mass is 10.2. The number of rotatable bonds is 5. The lowest BCUT2D eigenvalue weighted by Crippen LogP contribution is -2.12. The van der Waals surface area contributed by atoms with E-state index in [0.29, 0.717) is 11.3 Å². The summed E-state index contributed by atoms with van der Waals surface area (Å²) in [6.45, 7) is 0.329. The minimum absolute atomic E-state index is 0.121. The first-order chi connectivity index (χ1) is 10.7. The molecule has 0 radical (unpaired) electrons. The van der Waals surface area contributed by atoms with Gasteiger partial charge in [0.05, 0.1) is 5.56 Å². The summed E-state index contributed by atoms with van der Waals surface area (Å²) < 4.78 is 23.3. The van der Waals surface area contributed by atoms with E-state index in [0.717, 1.165) is 10.9 Å². The molecule has 5 heteroatoms. The van der Waals surface area contributed by atoms with Crippen molar-refractivity contribution in [3.63, 3.8) is 0 Å². The van der Waals surface area contributed by atoms with Crippen molar-refractivity contribution >= 4 is 16.9 Å². The van der Waals surface area contributed by atoms with Crippen LogP contribution in [0.25, 0.3) is 10.9 Å². The molecule has 0 spiro atoms. The monoisotopic (exact) mass is 299 g/mol. The van der Waals surface area contributed by atoms with Crippen molar-refractivity contribution in [2.75, 3.05) is 13.2 Å². The Labute approximate surface area is 126 Å².